The third-order valence-corrected chi connectivity index (χ3v) is 3.67. The molecule has 1 amide bonds. The van der Waals surface area contributed by atoms with E-state index < -0.39 is 4.92 Å². The zero-order valence-corrected chi connectivity index (χ0v) is 14.3. The van der Waals surface area contributed by atoms with Crippen LogP contribution in [-0.4, -0.2) is 31.0 Å². The summed E-state index contributed by atoms with van der Waals surface area (Å²) in [5.41, 5.74) is 0.610. The molecule has 0 radical (unpaired) electrons. The Morgan fingerprint density at radius 1 is 1.19 bits per heavy atom. The predicted molar refractivity (Wildman–Crippen MR) is 96.1 cm³/mol. The number of anilines is 1. The van der Waals surface area contributed by atoms with Crippen LogP contribution in [0, 0.1) is 15.9 Å². The Morgan fingerprint density at radius 3 is 2.58 bits per heavy atom. The van der Waals surface area contributed by atoms with Crippen LogP contribution in [0.1, 0.15) is 23.2 Å². The Morgan fingerprint density at radius 2 is 1.92 bits per heavy atom. The molecule has 2 N–H and O–H groups in total. The van der Waals surface area contributed by atoms with Crippen LogP contribution in [0.15, 0.2) is 42.5 Å². The number of amides is 1. The first-order valence-corrected chi connectivity index (χ1v) is 8.14. The molecule has 7 nitrogen and oxygen atoms in total. The smallest absolute Gasteiger partial charge is 0.270 e. The van der Waals surface area contributed by atoms with Crippen LogP contribution in [0.2, 0.25) is 0 Å². The summed E-state index contributed by atoms with van der Waals surface area (Å²) >= 11 is 0. The highest BCUT2D eigenvalue weighted by molar-refractivity contribution is 6.00. The minimum Gasteiger partial charge on any atom is -0.494 e. The second-order valence-electron chi connectivity index (χ2n) is 5.50. The molecule has 0 unspecified atom stereocenters. The quantitative estimate of drug-likeness (QED) is 0.406. The largest absolute Gasteiger partial charge is 0.494 e. The molecular formula is C18H20FN3O4. The van der Waals surface area contributed by atoms with E-state index in [4.69, 9.17) is 4.74 Å². The first-order chi connectivity index (χ1) is 12.5. The zero-order chi connectivity index (χ0) is 18.9. The third-order valence-electron chi connectivity index (χ3n) is 3.67. The second-order valence-corrected chi connectivity index (χ2v) is 5.50. The second kappa shape index (κ2) is 9.36. The molecule has 2 rings (SSSR count). The number of benzene rings is 2. The van der Waals surface area contributed by atoms with E-state index >= 15 is 0 Å². The van der Waals surface area contributed by atoms with Gasteiger partial charge in [-0.15, -0.1) is 0 Å². The van der Waals surface area contributed by atoms with Gasteiger partial charge in [0, 0.05) is 31.4 Å². The number of carbonyl (C=O) groups excluding carboxylic acids is 1. The molecule has 0 saturated carbocycles. The average molecular weight is 361 g/mol. The van der Waals surface area contributed by atoms with Crippen LogP contribution < -0.4 is 15.4 Å². The fourth-order valence-corrected chi connectivity index (χ4v) is 2.30. The van der Waals surface area contributed by atoms with E-state index in [1.54, 1.807) is 19.2 Å². The van der Waals surface area contributed by atoms with Crippen molar-refractivity contribution in [3.63, 3.8) is 0 Å². The Bertz CT molecular complexity index is 766. The lowest BCUT2D eigenvalue weighted by molar-refractivity contribution is -0.384. The van der Waals surface area contributed by atoms with Gasteiger partial charge in [-0.25, -0.2) is 4.39 Å². The Hall–Kier alpha value is -3.16. The Balaban J connectivity index is 1.77. The lowest BCUT2D eigenvalue weighted by atomic mass is 10.1. The molecule has 0 heterocycles. The Kier molecular flexibility index (Phi) is 6.90. The average Bonchev–Trinajstić information content (AvgIpc) is 2.65. The van der Waals surface area contributed by atoms with Gasteiger partial charge in [0.25, 0.3) is 11.6 Å². The lowest BCUT2D eigenvalue weighted by Gasteiger charge is -2.10. The van der Waals surface area contributed by atoms with Gasteiger partial charge in [0.1, 0.15) is 11.6 Å². The van der Waals surface area contributed by atoms with Gasteiger partial charge in [-0.2, -0.15) is 0 Å². The molecule has 0 bridgehead atoms. The number of nitro groups is 1. The number of hydrogen-bond donors (Lipinski definition) is 2. The minimum absolute atomic E-state index is 0.137. The molecule has 0 spiro atoms. The topological polar surface area (TPSA) is 93.5 Å². The van der Waals surface area contributed by atoms with Crippen molar-refractivity contribution in [2.45, 2.75) is 12.8 Å². The fourth-order valence-electron chi connectivity index (χ4n) is 2.30. The third kappa shape index (κ3) is 5.44. The lowest BCUT2D eigenvalue weighted by Crippen LogP contribution is -2.25. The number of rotatable bonds is 9. The van der Waals surface area contributed by atoms with Crippen molar-refractivity contribution in [3.05, 3.63) is 64.0 Å². The number of ether oxygens (including phenoxy) is 1. The fraction of sp³-hybridized carbons (Fsp3) is 0.278. The summed E-state index contributed by atoms with van der Waals surface area (Å²) in [5.74, 6) is -0.106. The van der Waals surface area contributed by atoms with Crippen molar-refractivity contribution in [1.29, 1.82) is 0 Å². The molecule has 0 aromatic heterocycles. The maximum absolute atomic E-state index is 12.8. The van der Waals surface area contributed by atoms with E-state index in [0.717, 1.165) is 0 Å². The van der Waals surface area contributed by atoms with E-state index in [-0.39, 0.29) is 23.0 Å². The standard InChI is InChI=1S/C18H20FN3O4/c1-20-17-9-6-14(22(24)25)12-16(17)18(23)21-10-2-3-11-26-15-7-4-13(19)5-8-15/h4-9,12,20H,2-3,10-11H2,1H3,(H,21,23). The Labute approximate surface area is 150 Å². The molecule has 2 aromatic rings. The molecule has 0 saturated heterocycles. The van der Waals surface area contributed by atoms with E-state index in [9.17, 15) is 19.3 Å². The first kappa shape index (κ1) is 19.2. The van der Waals surface area contributed by atoms with Crippen LogP contribution in [0.5, 0.6) is 5.75 Å². The molecule has 26 heavy (non-hydrogen) atoms. The SMILES string of the molecule is CNc1ccc([N+](=O)[O-])cc1C(=O)NCCCCOc1ccc(F)cc1. The molecule has 138 valence electrons. The van der Waals surface area contributed by atoms with Crippen molar-refractivity contribution in [1.82, 2.24) is 5.32 Å². The summed E-state index contributed by atoms with van der Waals surface area (Å²) in [7, 11) is 1.64. The molecular weight excluding hydrogens is 341 g/mol. The number of carbonyl (C=O) groups is 1. The number of nitrogens with zero attached hydrogens (tertiary/aromatic N) is 1. The summed E-state index contributed by atoms with van der Waals surface area (Å²) in [6.07, 6.45) is 1.38. The summed E-state index contributed by atoms with van der Waals surface area (Å²) in [6, 6.07) is 9.86. The van der Waals surface area contributed by atoms with Crippen molar-refractivity contribution < 1.29 is 18.8 Å². The number of nitrogens with one attached hydrogen (secondary N) is 2. The van der Waals surface area contributed by atoms with Gasteiger partial charge < -0.3 is 15.4 Å². The van der Waals surface area contributed by atoms with Crippen molar-refractivity contribution in [3.8, 4) is 5.75 Å². The van der Waals surface area contributed by atoms with Gasteiger partial charge in [-0.3, -0.25) is 14.9 Å². The predicted octanol–water partition coefficient (Wildman–Crippen LogP) is 3.36. The van der Waals surface area contributed by atoms with Crippen LogP contribution >= 0.6 is 0 Å². The van der Waals surface area contributed by atoms with E-state index in [2.05, 4.69) is 10.6 Å². The monoisotopic (exact) mass is 361 g/mol. The van der Waals surface area contributed by atoms with E-state index in [1.165, 1.54) is 30.3 Å². The summed E-state index contributed by atoms with van der Waals surface area (Å²) in [4.78, 5) is 22.6. The van der Waals surface area contributed by atoms with Crippen molar-refractivity contribution in [2.24, 2.45) is 0 Å². The van der Waals surface area contributed by atoms with E-state index in [1.807, 2.05) is 0 Å². The van der Waals surface area contributed by atoms with Crippen molar-refractivity contribution >= 4 is 17.3 Å². The van der Waals surface area contributed by atoms with Gasteiger partial charge in [0.15, 0.2) is 0 Å². The molecule has 2 aromatic carbocycles. The van der Waals surface area contributed by atoms with Crippen molar-refractivity contribution in [2.75, 3.05) is 25.5 Å². The number of unbranched alkanes of at least 4 members (excludes halogenated alkanes) is 1. The number of hydrogen-bond acceptors (Lipinski definition) is 5. The van der Waals surface area contributed by atoms with Crippen LogP contribution in [0.4, 0.5) is 15.8 Å². The van der Waals surface area contributed by atoms with Gasteiger partial charge in [-0.05, 0) is 43.2 Å². The maximum Gasteiger partial charge on any atom is 0.270 e. The van der Waals surface area contributed by atoms with Gasteiger partial charge in [0.2, 0.25) is 0 Å². The highest BCUT2D eigenvalue weighted by atomic mass is 19.1. The summed E-state index contributed by atoms with van der Waals surface area (Å²) in [6.45, 7) is 0.859. The minimum atomic E-state index is -0.539. The van der Waals surface area contributed by atoms with E-state index in [0.29, 0.717) is 37.4 Å². The highest BCUT2D eigenvalue weighted by Crippen LogP contribution is 2.21. The number of non-ortho nitro benzene ring substituents is 1. The summed E-state index contributed by atoms with van der Waals surface area (Å²) < 4.78 is 18.2. The normalized spacial score (nSPS) is 10.2. The van der Waals surface area contributed by atoms with Crippen LogP contribution in [0.3, 0.4) is 0 Å². The summed E-state index contributed by atoms with van der Waals surface area (Å²) in [5, 5.41) is 16.4. The van der Waals surface area contributed by atoms with Gasteiger partial charge in [-0.1, -0.05) is 0 Å². The number of halogens is 1. The molecule has 0 aliphatic heterocycles. The maximum atomic E-state index is 12.8. The van der Waals surface area contributed by atoms with Gasteiger partial charge >= 0.3 is 0 Å². The molecule has 0 aliphatic carbocycles. The highest BCUT2D eigenvalue weighted by Gasteiger charge is 2.15. The zero-order valence-electron chi connectivity index (χ0n) is 14.3. The first-order valence-electron chi connectivity index (χ1n) is 8.14. The van der Waals surface area contributed by atoms with Crippen LogP contribution in [0.25, 0.3) is 0 Å². The molecule has 0 atom stereocenters. The number of nitro benzene ring substituents is 1. The van der Waals surface area contributed by atoms with Gasteiger partial charge in [0.05, 0.1) is 17.1 Å². The molecule has 8 heteroatoms. The van der Waals surface area contributed by atoms with Crippen LogP contribution in [-0.2, 0) is 0 Å². The molecule has 0 aliphatic rings. The molecule has 0 fully saturated rings.